The van der Waals surface area contributed by atoms with Crippen LogP contribution in [0, 0.1) is 0 Å². The number of aryl methyl sites for hydroxylation is 1. The number of amides is 1. The molecule has 0 atom stereocenters. The van der Waals surface area contributed by atoms with Crippen molar-refractivity contribution in [3.8, 4) is 0 Å². The SMILES string of the molecule is CCOC(=O)c1c(NC(=O)COC(=O)/C=C/c2nnc3c4ccccc4cnn23)sc2c1CCC2. The molecule has 0 saturated carbocycles. The normalized spacial score (nSPS) is 12.8. The number of thiophene rings is 1. The van der Waals surface area contributed by atoms with E-state index in [1.54, 1.807) is 13.1 Å². The lowest BCUT2D eigenvalue weighted by Gasteiger charge is -2.08. The average Bonchev–Trinajstić information content (AvgIpc) is 3.56. The highest BCUT2D eigenvalue weighted by Gasteiger charge is 2.28. The van der Waals surface area contributed by atoms with Crippen molar-refractivity contribution in [1.29, 1.82) is 0 Å². The number of anilines is 1. The molecule has 3 aromatic heterocycles. The molecule has 35 heavy (non-hydrogen) atoms. The molecule has 3 heterocycles. The van der Waals surface area contributed by atoms with E-state index in [2.05, 4.69) is 20.6 Å². The smallest absolute Gasteiger partial charge is 0.341 e. The van der Waals surface area contributed by atoms with Crippen LogP contribution in [0.1, 0.15) is 40.0 Å². The molecule has 4 aromatic rings. The van der Waals surface area contributed by atoms with Gasteiger partial charge >= 0.3 is 11.9 Å². The summed E-state index contributed by atoms with van der Waals surface area (Å²) in [6.45, 7) is 1.47. The minimum Gasteiger partial charge on any atom is -0.462 e. The summed E-state index contributed by atoms with van der Waals surface area (Å²) in [5, 5.41) is 17.5. The summed E-state index contributed by atoms with van der Waals surface area (Å²) in [5.41, 5.74) is 1.91. The highest BCUT2D eigenvalue weighted by atomic mass is 32.1. The van der Waals surface area contributed by atoms with E-state index >= 15 is 0 Å². The third kappa shape index (κ3) is 4.50. The Bertz CT molecular complexity index is 1490. The Balaban J connectivity index is 1.23. The molecule has 1 aliphatic rings. The van der Waals surface area contributed by atoms with Crippen molar-refractivity contribution in [2.24, 2.45) is 0 Å². The first-order valence-corrected chi connectivity index (χ1v) is 11.9. The predicted octanol–water partition coefficient (Wildman–Crippen LogP) is 3.20. The number of nitrogens with zero attached hydrogens (tertiary/aromatic N) is 4. The largest absolute Gasteiger partial charge is 0.462 e. The van der Waals surface area contributed by atoms with Crippen LogP contribution in [0.4, 0.5) is 5.00 Å². The van der Waals surface area contributed by atoms with E-state index in [-0.39, 0.29) is 6.61 Å². The van der Waals surface area contributed by atoms with E-state index < -0.39 is 24.5 Å². The van der Waals surface area contributed by atoms with Gasteiger partial charge in [0.15, 0.2) is 18.1 Å². The van der Waals surface area contributed by atoms with E-state index in [9.17, 15) is 14.4 Å². The fourth-order valence-corrected chi connectivity index (χ4v) is 5.31. The van der Waals surface area contributed by atoms with Gasteiger partial charge in [0, 0.05) is 21.7 Å². The average molecular weight is 492 g/mol. The molecule has 0 unspecified atom stereocenters. The zero-order valence-electron chi connectivity index (χ0n) is 18.8. The van der Waals surface area contributed by atoms with Crippen LogP contribution in [0.2, 0.25) is 0 Å². The van der Waals surface area contributed by atoms with Gasteiger partial charge in [0.2, 0.25) is 0 Å². The van der Waals surface area contributed by atoms with Crippen molar-refractivity contribution in [1.82, 2.24) is 19.8 Å². The monoisotopic (exact) mass is 491 g/mol. The van der Waals surface area contributed by atoms with Crippen molar-refractivity contribution < 1.29 is 23.9 Å². The number of hydrogen-bond acceptors (Lipinski definition) is 9. The molecule has 10 nitrogen and oxygen atoms in total. The molecule has 0 bridgehead atoms. The number of hydrogen-bond donors (Lipinski definition) is 1. The summed E-state index contributed by atoms with van der Waals surface area (Å²) in [6, 6.07) is 7.65. The lowest BCUT2D eigenvalue weighted by molar-refractivity contribution is -0.142. The van der Waals surface area contributed by atoms with E-state index in [0.717, 1.165) is 46.6 Å². The van der Waals surface area contributed by atoms with Gasteiger partial charge in [0.05, 0.1) is 18.4 Å². The predicted molar refractivity (Wildman–Crippen MR) is 129 cm³/mol. The molecule has 0 spiro atoms. The molecular weight excluding hydrogens is 470 g/mol. The summed E-state index contributed by atoms with van der Waals surface area (Å²) in [7, 11) is 0. The molecule has 1 N–H and O–H groups in total. The molecule has 0 fully saturated rings. The molecule has 5 rings (SSSR count). The lowest BCUT2D eigenvalue weighted by Crippen LogP contribution is -2.21. The van der Waals surface area contributed by atoms with Gasteiger partial charge in [0.1, 0.15) is 5.00 Å². The number of benzene rings is 1. The van der Waals surface area contributed by atoms with Crippen LogP contribution < -0.4 is 5.32 Å². The van der Waals surface area contributed by atoms with Crippen LogP contribution >= 0.6 is 11.3 Å². The molecule has 1 amide bonds. The number of nitrogens with one attached hydrogen (secondary N) is 1. The fourth-order valence-electron chi connectivity index (χ4n) is 4.01. The van der Waals surface area contributed by atoms with Gasteiger partial charge in [0.25, 0.3) is 5.91 Å². The van der Waals surface area contributed by atoms with Crippen molar-refractivity contribution in [3.63, 3.8) is 0 Å². The Morgan fingerprint density at radius 1 is 1.17 bits per heavy atom. The number of fused-ring (bicyclic) bond motifs is 4. The van der Waals surface area contributed by atoms with Gasteiger partial charge in [-0.05, 0) is 37.8 Å². The Labute approximate surface area is 203 Å². The van der Waals surface area contributed by atoms with Gasteiger partial charge in [-0.25, -0.2) is 9.59 Å². The molecule has 178 valence electrons. The highest BCUT2D eigenvalue weighted by molar-refractivity contribution is 7.17. The molecule has 1 aromatic carbocycles. The maximum absolute atomic E-state index is 12.4. The summed E-state index contributed by atoms with van der Waals surface area (Å²) in [5.74, 6) is -1.38. The number of ether oxygens (including phenoxy) is 2. The Kier molecular flexibility index (Phi) is 6.23. The van der Waals surface area contributed by atoms with Gasteiger partial charge in [-0.3, -0.25) is 4.79 Å². The summed E-state index contributed by atoms with van der Waals surface area (Å²) >= 11 is 1.36. The molecular formula is C24H21N5O5S. The van der Waals surface area contributed by atoms with Gasteiger partial charge in [-0.2, -0.15) is 9.61 Å². The first-order chi connectivity index (χ1) is 17.0. The summed E-state index contributed by atoms with van der Waals surface area (Å²) in [4.78, 5) is 38.1. The second kappa shape index (κ2) is 9.63. The Morgan fingerprint density at radius 2 is 2.03 bits per heavy atom. The van der Waals surface area contributed by atoms with Gasteiger partial charge < -0.3 is 14.8 Å². The van der Waals surface area contributed by atoms with Crippen LogP contribution in [0.3, 0.4) is 0 Å². The number of carbonyl (C=O) groups excluding carboxylic acids is 3. The van der Waals surface area contributed by atoms with Gasteiger partial charge in [-0.1, -0.05) is 24.3 Å². The molecule has 0 aliphatic heterocycles. The van der Waals surface area contributed by atoms with E-state index in [0.29, 0.717) is 22.0 Å². The zero-order valence-corrected chi connectivity index (χ0v) is 19.6. The second-order valence-electron chi connectivity index (χ2n) is 7.80. The number of carbonyl (C=O) groups is 3. The Morgan fingerprint density at radius 3 is 2.89 bits per heavy atom. The van der Waals surface area contributed by atoms with E-state index in [4.69, 9.17) is 9.47 Å². The molecule has 11 heteroatoms. The quantitative estimate of drug-likeness (QED) is 0.309. The topological polar surface area (TPSA) is 125 Å². The fraction of sp³-hybridized carbons (Fsp3) is 0.250. The van der Waals surface area contributed by atoms with Crippen LogP contribution in [-0.4, -0.2) is 50.9 Å². The van der Waals surface area contributed by atoms with Crippen LogP contribution in [0.25, 0.3) is 22.5 Å². The maximum atomic E-state index is 12.4. The second-order valence-corrected chi connectivity index (χ2v) is 8.90. The number of rotatable bonds is 7. The van der Waals surface area contributed by atoms with Crippen molar-refractivity contribution in [2.45, 2.75) is 26.2 Å². The number of esters is 2. The lowest BCUT2D eigenvalue weighted by atomic mass is 10.1. The first-order valence-electron chi connectivity index (χ1n) is 11.1. The molecule has 1 aliphatic carbocycles. The van der Waals surface area contributed by atoms with Crippen molar-refractivity contribution >= 4 is 56.7 Å². The van der Waals surface area contributed by atoms with Crippen LogP contribution in [0.15, 0.2) is 36.5 Å². The third-order valence-corrected chi connectivity index (χ3v) is 6.75. The minimum atomic E-state index is -0.725. The number of aromatic nitrogens is 4. The first kappa shape index (κ1) is 22.7. The molecule has 0 radical (unpaired) electrons. The van der Waals surface area contributed by atoms with Crippen LogP contribution in [-0.2, 0) is 31.9 Å². The minimum absolute atomic E-state index is 0.244. The highest BCUT2D eigenvalue weighted by Crippen LogP contribution is 2.39. The Hall–Kier alpha value is -4.12. The van der Waals surface area contributed by atoms with Gasteiger partial charge in [-0.15, -0.1) is 21.5 Å². The zero-order chi connectivity index (χ0) is 24.4. The third-order valence-electron chi connectivity index (χ3n) is 5.55. The maximum Gasteiger partial charge on any atom is 0.341 e. The standard InChI is InChI=1S/C24H21N5O5S/c1-2-33-24(32)21-16-8-5-9-17(16)35-23(21)26-19(30)13-34-20(31)11-10-18-27-28-22-15-7-4-3-6-14(15)12-25-29(18)22/h3-4,6-7,10-12H,2,5,8-9,13H2,1H3,(H,26,30)/b11-10+. The van der Waals surface area contributed by atoms with Crippen molar-refractivity contribution in [2.75, 3.05) is 18.5 Å². The summed E-state index contributed by atoms with van der Waals surface area (Å²) < 4.78 is 11.7. The molecule has 0 saturated heterocycles. The van der Waals surface area contributed by atoms with E-state index in [1.807, 2.05) is 24.3 Å². The summed E-state index contributed by atoms with van der Waals surface area (Å²) in [6.07, 6.45) is 6.88. The van der Waals surface area contributed by atoms with Crippen molar-refractivity contribution in [3.05, 3.63) is 58.4 Å². The van der Waals surface area contributed by atoms with Crippen LogP contribution in [0.5, 0.6) is 0 Å². The van der Waals surface area contributed by atoms with E-state index in [1.165, 1.54) is 21.9 Å².